The van der Waals surface area contributed by atoms with Crippen LogP contribution in [0.2, 0.25) is 0 Å². The third-order valence-electron chi connectivity index (χ3n) is 3.78. The summed E-state index contributed by atoms with van der Waals surface area (Å²) in [5.74, 6) is -0.470. The van der Waals surface area contributed by atoms with Gasteiger partial charge >= 0.3 is 5.97 Å². The minimum atomic E-state index is -0.835. The molecule has 1 aromatic heterocycles. The number of aromatic nitrogens is 1. The molecule has 1 N–H and O–H groups in total. The quantitative estimate of drug-likeness (QED) is 0.833. The molecule has 92 valence electrons. The lowest BCUT2D eigenvalue weighted by molar-refractivity contribution is 0.0698. The van der Waals surface area contributed by atoms with E-state index in [-0.39, 0.29) is 0 Å². The molecular formula is C15H15NO2. The van der Waals surface area contributed by atoms with E-state index in [4.69, 9.17) is 0 Å². The summed E-state index contributed by atoms with van der Waals surface area (Å²) in [6.07, 6.45) is 1.83. The fourth-order valence-corrected chi connectivity index (χ4v) is 2.84. The van der Waals surface area contributed by atoms with Gasteiger partial charge in [-0.15, -0.1) is 0 Å². The predicted octanol–water partition coefficient (Wildman–Crippen LogP) is 3.29. The first-order valence-electron chi connectivity index (χ1n) is 6.24. The van der Waals surface area contributed by atoms with E-state index in [0.29, 0.717) is 11.5 Å². The van der Waals surface area contributed by atoms with Crippen LogP contribution in [0.1, 0.15) is 46.4 Å². The van der Waals surface area contributed by atoms with E-state index >= 15 is 0 Å². The van der Waals surface area contributed by atoms with E-state index in [0.717, 1.165) is 40.6 Å². The standard InChI is InChI=1S/C15H15NO2/c1-8-3-6-12-11(7-8)13(15(17)18)10-5-4-9(2)14(10)16-12/h3,6-7,9H,4-5H2,1-2H3,(H,17,18). The topological polar surface area (TPSA) is 50.2 Å². The molecule has 0 fully saturated rings. The van der Waals surface area contributed by atoms with Gasteiger partial charge in [-0.2, -0.15) is 0 Å². The van der Waals surface area contributed by atoms with Gasteiger partial charge in [-0.3, -0.25) is 4.98 Å². The smallest absolute Gasteiger partial charge is 0.336 e. The van der Waals surface area contributed by atoms with E-state index in [2.05, 4.69) is 11.9 Å². The molecule has 0 saturated carbocycles. The fraction of sp³-hybridized carbons (Fsp3) is 0.333. The van der Waals surface area contributed by atoms with Crippen molar-refractivity contribution in [3.63, 3.8) is 0 Å². The molecule has 0 radical (unpaired) electrons. The summed E-state index contributed by atoms with van der Waals surface area (Å²) in [5.41, 5.74) is 4.24. The largest absolute Gasteiger partial charge is 0.478 e. The van der Waals surface area contributed by atoms with Crippen molar-refractivity contribution in [1.82, 2.24) is 4.98 Å². The zero-order valence-electron chi connectivity index (χ0n) is 10.5. The Balaban J connectivity index is 2.44. The van der Waals surface area contributed by atoms with Gasteiger partial charge in [0.2, 0.25) is 0 Å². The molecule has 1 aliphatic rings. The van der Waals surface area contributed by atoms with Gasteiger partial charge in [-0.25, -0.2) is 4.79 Å². The lowest BCUT2D eigenvalue weighted by Crippen LogP contribution is -2.06. The number of benzene rings is 1. The maximum absolute atomic E-state index is 11.6. The number of nitrogens with zero attached hydrogens (tertiary/aromatic N) is 1. The van der Waals surface area contributed by atoms with Crippen LogP contribution in [0.5, 0.6) is 0 Å². The summed E-state index contributed by atoms with van der Waals surface area (Å²) in [5, 5.41) is 10.3. The third kappa shape index (κ3) is 1.50. The van der Waals surface area contributed by atoms with Crippen molar-refractivity contribution in [2.24, 2.45) is 0 Å². The minimum absolute atomic E-state index is 0.365. The Hall–Kier alpha value is -1.90. The number of hydrogen-bond donors (Lipinski definition) is 1. The van der Waals surface area contributed by atoms with Crippen LogP contribution in [0, 0.1) is 6.92 Å². The van der Waals surface area contributed by atoms with Crippen LogP contribution < -0.4 is 0 Å². The van der Waals surface area contributed by atoms with Gasteiger partial charge < -0.3 is 5.11 Å². The average molecular weight is 241 g/mol. The summed E-state index contributed by atoms with van der Waals surface area (Å²) < 4.78 is 0. The zero-order valence-corrected chi connectivity index (χ0v) is 10.5. The van der Waals surface area contributed by atoms with Crippen LogP contribution in [-0.2, 0) is 6.42 Å². The highest BCUT2D eigenvalue weighted by molar-refractivity contribution is 6.04. The van der Waals surface area contributed by atoms with Crippen molar-refractivity contribution in [2.75, 3.05) is 0 Å². The van der Waals surface area contributed by atoms with E-state index in [1.54, 1.807) is 0 Å². The minimum Gasteiger partial charge on any atom is -0.478 e. The highest BCUT2D eigenvalue weighted by atomic mass is 16.4. The molecule has 1 heterocycles. The molecular weight excluding hydrogens is 226 g/mol. The second kappa shape index (κ2) is 3.80. The number of fused-ring (bicyclic) bond motifs is 2. The first kappa shape index (κ1) is 11.2. The molecule has 0 saturated heterocycles. The first-order valence-corrected chi connectivity index (χ1v) is 6.24. The van der Waals surface area contributed by atoms with Crippen LogP contribution in [0.15, 0.2) is 18.2 Å². The van der Waals surface area contributed by atoms with Gasteiger partial charge in [0.25, 0.3) is 0 Å². The molecule has 2 aromatic rings. The van der Waals surface area contributed by atoms with Gasteiger partial charge in [0.1, 0.15) is 0 Å². The lowest BCUT2D eigenvalue weighted by atomic mass is 9.99. The van der Waals surface area contributed by atoms with Crippen LogP contribution in [0.3, 0.4) is 0 Å². The summed E-state index contributed by atoms with van der Waals surface area (Å²) >= 11 is 0. The van der Waals surface area contributed by atoms with Crippen LogP contribution in [-0.4, -0.2) is 16.1 Å². The molecule has 0 aliphatic heterocycles. The van der Waals surface area contributed by atoms with Gasteiger partial charge in [0.05, 0.1) is 11.1 Å². The van der Waals surface area contributed by atoms with Crippen LogP contribution in [0.25, 0.3) is 10.9 Å². The molecule has 0 spiro atoms. The SMILES string of the molecule is Cc1ccc2nc3c(c(C(=O)O)c2c1)CCC3C. The van der Waals surface area contributed by atoms with Crippen molar-refractivity contribution in [2.45, 2.75) is 32.6 Å². The Bertz CT molecular complexity index is 661. The number of carboxylic acids is 1. The summed E-state index contributed by atoms with van der Waals surface area (Å²) in [4.78, 5) is 16.2. The number of pyridine rings is 1. The van der Waals surface area contributed by atoms with Crippen molar-refractivity contribution >= 4 is 16.9 Å². The molecule has 1 unspecified atom stereocenters. The van der Waals surface area contributed by atoms with E-state index in [9.17, 15) is 9.90 Å². The van der Waals surface area contributed by atoms with Gasteiger partial charge in [-0.1, -0.05) is 18.6 Å². The first-order chi connectivity index (χ1) is 8.58. The highest BCUT2D eigenvalue weighted by Gasteiger charge is 2.27. The second-order valence-electron chi connectivity index (χ2n) is 5.12. The van der Waals surface area contributed by atoms with Crippen molar-refractivity contribution in [3.05, 3.63) is 40.6 Å². The van der Waals surface area contributed by atoms with Gasteiger partial charge in [-0.05, 0) is 43.4 Å². The maximum atomic E-state index is 11.6. The molecule has 0 amide bonds. The molecule has 18 heavy (non-hydrogen) atoms. The summed E-state index contributed by atoms with van der Waals surface area (Å²) in [7, 11) is 0. The van der Waals surface area contributed by atoms with Gasteiger partial charge in [0, 0.05) is 11.1 Å². The summed E-state index contributed by atoms with van der Waals surface area (Å²) in [6, 6.07) is 5.82. The van der Waals surface area contributed by atoms with E-state index in [1.165, 1.54) is 0 Å². The van der Waals surface area contributed by atoms with Crippen LogP contribution in [0.4, 0.5) is 0 Å². The molecule has 1 atom stereocenters. The Kier molecular flexibility index (Phi) is 2.37. The van der Waals surface area contributed by atoms with Crippen molar-refractivity contribution in [3.8, 4) is 0 Å². The van der Waals surface area contributed by atoms with E-state index in [1.807, 2.05) is 25.1 Å². The Morgan fingerprint density at radius 2 is 2.22 bits per heavy atom. The third-order valence-corrected chi connectivity index (χ3v) is 3.78. The second-order valence-corrected chi connectivity index (χ2v) is 5.12. The monoisotopic (exact) mass is 241 g/mol. The van der Waals surface area contributed by atoms with Crippen LogP contribution >= 0.6 is 0 Å². The molecule has 0 bridgehead atoms. The predicted molar refractivity (Wildman–Crippen MR) is 70.2 cm³/mol. The molecule has 1 aliphatic carbocycles. The fourth-order valence-electron chi connectivity index (χ4n) is 2.84. The lowest BCUT2D eigenvalue weighted by Gasteiger charge is -2.11. The normalized spacial score (nSPS) is 18.0. The summed E-state index contributed by atoms with van der Waals surface area (Å²) in [6.45, 7) is 4.09. The van der Waals surface area contributed by atoms with E-state index < -0.39 is 5.97 Å². The molecule has 3 rings (SSSR count). The number of carbonyl (C=O) groups is 1. The average Bonchev–Trinajstić information content (AvgIpc) is 2.67. The molecule has 3 heteroatoms. The number of carboxylic acid groups (broad SMARTS) is 1. The number of aromatic carboxylic acids is 1. The van der Waals surface area contributed by atoms with Crippen molar-refractivity contribution < 1.29 is 9.90 Å². The number of rotatable bonds is 1. The maximum Gasteiger partial charge on any atom is 0.336 e. The number of hydrogen-bond acceptors (Lipinski definition) is 2. The van der Waals surface area contributed by atoms with Gasteiger partial charge in [0.15, 0.2) is 0 Å². The number of aryl methyl sites for hydroxylation is 1. The van der Waals surface area contributed by atoms with Crippen molar-refractivity contribution in [1.29, 1.82) is 0 Å². The molecule has 3 nitrogen and oxygen atoms in total. The Morgan fingerprint density at radius 1 is 1.44 bits per heavy atom. The Labute approximate surface area is 105 Å². The highest BCUT2D eigenvalue weighted by Crippen LogP contribution is 2.36. The Morgan fingerprint density at radius 3 is 2.94 bits per heavy atom. The molecule has 1 aromatic carbocycles. The zero-order chi connectivity index (χ0) is 12.9.